The Morgan fingerprint density at radius 1 is 0.971 bits per heavy atom. The second-order valence-corrected chi connectivity index (χ2v) is 6.34. The first-order valence-electron chi connectivity index (χ1n) is 9.47. The molecule has 1 N–H and O–H groups in total. The minimum absolute atomic E-state index is 0.0861. The smallest absolute Gasteiger partial charge is 0.435 e. The zero-order chi connectivity index (χ0) is 25.6. The van der Waals surface area contributed by atoms with Crippen LogP contribution in [0.2, 0.25) is 0 Å². The molecule has 0 unspecified atom stereocenters. The number of carbonyl (C=O) groups excluding carboxylic acids is 1. The van der Waals surface area contributed by atoms with E-state index in [1.165, 1.54) is 26.3 Å². The molecule has 0 aliphatic heterocycles. The number of benzene rings is 2. The van der Waals surface area contributed by atoms with Gasteiger partial charge in [-0.15, -0.1) is 13.2 Å². The molecule has 0 atom stereocenters. The van der Waals surface area contributed by atoms with Gasteiger partial charge in [-0.2, -0.15) is 14.4 Å². The van der Waals surface area contributed by atoms with Crippen molar-refractivity contribution in [2.24, 2.45) is 5.16 Å². The van der Waals surface area contributed by atoms with Crippen molar-refractivity contribution in [3.8, 4) is 29.0 Å². The minimum atomic E-state index is -5.03. The highest BCUT2D eigenvalue weighted by Crippen LogP contribution is 2.37. The van der Waals surface area contributed by atoms with Crippen molar-refractivity contribution in [1.29, 1.82) is 0 Å². The highest BCUT2D eigenvalue weighted by atomic mass is 19.4. The number of ether oxygens (including phenoxy) is 3. The summed E-state index contributed by atoms with van der Waals surface area (Å²) in [5.41, 5.74) is -0.411. The lowest BCUT2D eigenvalue weighted by molar-refractivity contribution is -0.275. The number of nitrogens with zero attached hydrogens (tertiary/aromatic N) is 3. The number of hydrogen-bond donors (Lipinski definition) is 1. The number of likely N-dealkylation sites (N-methyl/N-ethyl adjacent to an activating group) is 1. The Balaban J connectivity index is 1.98. The first kappa shape index (κ1) is 25.1. The number of rotatable bonds is 8. The van der Waals surface area contributed by atoms with E-state index in [1.54, 1.807) is 0 Å². The summed E-state index contributed by atoms with van der Waals surface area (Å²) in [6.07, 6.45) is -4.24. The van der Waals surface area contributed by atoms with Crippen molar-refractivity contribution in [1.82, 2.24) is 15.3 Å². The zero-order valence-electron chi connectivity index (χ0n) is 17.9. The molecule has 0 bridgehead atoms. The van der Waals surface area contributed by atoms with E-state index in [0.717, 1.165) is 36.7 Å². The number of amides is 1. The average molecular weight is 498 g/mol. The van der Waals surface area contributed by atoms with E-state index < -0.39 is 47.2 Å². The molecule has 1 aromatic heterocycles. The van der Waals surface area contributed by atoms with Gasteiger partial charge >= 0.3 is 6.36 Å². The Hall–Kier alpha value is -4.49. The van der Waals surface area contributed by atoms with Gasteiger partial charge in [-0.25, -0.2) is 4.39 Å². The van der Waals surface area contributed by atoms with Crippen molar-refractivity contribution in [3.63, 3.8) is 0 Å². The monoisotopic (exact) mass is 498 g/mol. The Morgan fingerprint density at radius 2 is 1.60 bits per heavy atom. The number of nitrogens with one attached hydrogen (secondary N) is 1. The molecule has 184 valence electrons. The van der Waals surface area contributed by atoms with Gasteiger partial charge in [-0.3, -0.25) is 4.79 Å². The molecule has 0 radical (unpaired) electrons. The molecule has 0 saturated heterocycles. The first-order chi connectivity index (χ1) is 16.6. The van der Waals surface area contributed by atoms with Crippen LogP contribution >= 0.6 is 0 Å². The van der Waals surface area contributed by atoms with Crippen LogP contribution in [0.1, 0.15) is 5.56 Å². The average Bonchev–Trinajstić information content (AvgIpc) is 2.80. The minimum Gasteiger partial charge on any atom is -0.435 e. The van der Waals surface area contributed by atoms with Gasteiger partial charge in [0.25, 0.3) is 17.7 Å². The number of carbonyl (C=O) groups is 1. The highest BCUT2D eigenvalue weighted by Gasteiger charge is 2.33. The summed E-state index contributed by atoms with van der Waals surface area (Å²) in [7, 11) is 2.48. The maximum Gasteiger partial charge on any atom is 0.573 e. The van der Waals surface area contributed by atoms with Crippen molar-refractivity contribution in [2.45, 2.75) is 6.36 Å². The summed E-state index contributed by atoms with van der Waals surface area (Å²) < 4.78 is 81.3. The summed E-state index contributed by atoms with van der Waals surface area (Å²) in [6, 6.07) is 7.58. The molecular formula is C21H15F5N4O5. The van der Waals surface area contributed by atoms with Gasteiger partial charge in [0, 0.05) is 13.1 Å². The Labute approximate surface area is 194 Å². The molecule has 1 amide bonds. The van der Waals surface area contributed by atoms with Gasteiger partial charge < -0.3 is 24.4 Å². The number of oxime groups is 1. The third-order valence-electron chi connectivity index (χ3n) is 4.04. The zero-order valence-corrected chi connectivity index (χ0v) is 17.9. The van der Waals surface area contributed by atoms with E-state index >= 15 is 4.39 Å². The van der Waals surface area contributed by atoms with Crippen LogP contribution in [0.15, 0.2) is 53.9 Å². The summed E-state index contributed by atoms with van der Waals surface area (Å²) in [4.78, 5) is 24.0. The molecule has 1 heterocycles. The van der Waals surface area contributed by atoms with Gasteiger partial charge in [0.2, 0.25) is 5.82 Å². The summed E-state index contributed by atoms with van der Waals surface area (Å²) >= 11 is 0. The normalized spacial score (nSPS) is 11.6. The van der Waals surface area contributed by atoms with E-state index in [1.807, 2.05) is 0 Å². The van der Waals surface area contributed by atoms with Crippen molar-refractivity contribution in [2.75, 3.05) is 14.2 Å². The van der Waals surface area contributed by atoms with E-state index in [4.69, 9.17) is 9.47 Å². The van der Waals surface area contributed by atoms with Crippen molar-refractivity contribution < 1.29 is 45.8 Å². The third kappa shape index (κ3) is 6.31. The van der Waals surface area contributed by atoms with Crippen molar-refractivity contribution in [3.05, 3.63) is 66.0 Å². The lowest BCUT2D eigenvalue weighted by Gasteiger charge is -2.15. The molecule has 0 saturated carbocycles. The molecule has 0 spiro atoms. The third-order valence-corrected chi connectivity index (χ3v) is 4.04. The molecule has 3 aromatic rings. The molecule has 14 heteroatoms. The van der Waals surface area contributed by atoms with Crippen molar-refractivity contribution >= 4 is 11.6 Å². The fourth-order valence-corrected chi connectivity index (χ4v) is 2.63. The quantitative estimate of drug-likeness (QED) is 0.280. The van der Waals surface area contributed by atoms with Crippen LogP contribution in [0.25, 0.3) is 0 Å². The molecule has 0 aliphatic rings. The molecule has 9 nitrogen and oxygen atoms in total. The molecular weight excluding hydrogens is 483 g/mol. The first-order valence-corrected chi connectivity index (χ1v) is 9.47. The summed E-state index contributed by atoms with van der Waals surface area (Å²) in [5.74, 6) is -6.11. The Kier molecular flexibility index (Phi) is 7.63. The van der Waals surface area contributed by atoms with Gasteiger partial charge in [0.05, 0.1) is 5.56 Å². The second-order valence-electron chi connectivity index (χ2n) is 6.34. The molecule has 3 rings (SSSR count). The predicted molar refractivity (Wildman–Crippen MR) is 109 cm³/mol. The predicted octanol–water partition coefficient (Wildman–Crippen LogP) is 4.33. The SMILES string of the molecule is CNC(=O)/C(=N/OC)c1ccc(F)cc1Oc1ncnc(Oc2ccccc2OC(F)(F)F)c1F. The van der Waals surface area contributed by atoms with Gasteiger partial charge in [0.1, 0.15) is 25.0 Å². The fraction of sp³-hybridized carbons (Fsp3) is 0.143. The van der Waals surface area contributed by atoms with Gasteiger partial charge in [0.15, 0.2) is 17.2 Å². The Morgan fingerprint density at radius 3 is 2.20 bits per heavy atom. The van der Waals surface area contributed by atoms with E-state index in [0.29, 0.717) is 0 Å². The lowest BCUT2D eigenvalue weighted by atomic mass is 10.1. The second kappa shape index (κ2) is 10.6. The standard InChI is InChI=1S/C21H15F5N4O5/c1-27-18(31)17(30-32-2)12-8-7-11(22)9-15(12)34-20-16(23)19(28-10-29-20)33-13-5-3-4-6-14(13)35-21(24,25)26/h3-10H,1-2H3,(H,27,31)/b30-17+. The number of para-hydroxylation sites is 2. The number of aromatic nitrogens is 2. The van der Waals surface area contributed by atoms with Crippen LogP contribution in [0, 0.1) is 11.6 Å². The van der Waals surface area contributed by atoms with Crippen LogP contribution in [0.4, 0.5) is 22.0 Å². The molecule has 2 aromatic carbocycles. The Bertz CT molecular complexity index is 1250. The molecule has 35 heavy (non-hydrogen) atoms. The molecule has 0 aliphatic carbocycles. The number of hydrogen-bond acceptors (Lipinski definition) is 8. The van der Waals surface area contributed by atoms with Gasteiger partial charge in [-0.1, -0.05) is 17.3 Å². The van der Waals surface area contributed by atoms with Crippen LogP contribution in [-0.2, 0) is 9.63 Å². The maximum absolute atomic E-state index is 15.1. The number of alkyl halides is 3. The van der Waals surface area contributed by atoms with E-state index in [9.17, 15) is 22.4 Å². The van der Waals surface area contributed by atoms with Crippen LogP contribution < -0.4 is 19.5 Å². The van der Waals surface area contributed by atoms with Crippen LogP contribution in [0.5, 0.6) is 29.0 Å². The van der Waals surface area contributed by atoms with Crippen LogP contribution in [-0.4, -0.2) is 42.1 Å². The lowest BCUT2D eigenvalue weighted by Crippen LogP contribution is -2.29. The largest absolute Gasteiger partial charge is 0.573 e. The number of halogens is 5. The maximum atomic E-state index is 15.1. The topological polar surface area (TPSA) is 104 Å². The van der Waals surface area contributed by atoms with E-state index in [2.05, 4.69) is 30.0 Å². The van der Waals surface area contributed by atoms with Gasteiger partial charge in [-0.05, 0) is 24.3 Å². The van der Waals surface area contributed by atoms with E-state index in [-0.39, 0.29) is 17.0 Å². The fourth-order valence-electron chi connectivity index (χ4n) is 2.63. The highest BCUT2D eigenvalue weighted by molar-refractivity contribution is 6.45. The van der Waals surface area contributed by atoms with Crippen LogP contribution in [0.3, 0.4) is 0 Å². The summed E-state index contributed by atoms with van der Waals surface area (Å²) in [5, 5.41) is 5.89. The summed E-state index contributed by atoms with van der Waals surface area (Å²) in [6.45, 7) is 0. The molecule has 0 fully saturated rings.